The SMILES string of the molecule is CCCCCCCCCCCCCCCCOC(=O)C(C)N(C)C(=O)C(C)N(C)C(=O)OCC. The molecule has 0 aliphatic heterocycles. The van der Waals surface area contributed by atoms with E-state index in [0.29, 0.717) is 6.61 Å². The topological polar surface area (TPSA) is 76.2 Å². The first-order valence-electron chi connectivity index (χ1n) is 13.6. The van der Waals surface area contributed by atoms with E-state index in [1.54, 1.807) is 27.8 Å². The van der Waals surface area contributed by atoms with Crippen LogP contribution in [-0.2, 0) is 19.1 Å². The highest BCUT2D eigenvalue weighted by atomic mass is 16.6. The van der Waals surface area contributed by atoms with Crippen molar-refractivity contribution >= 4 is 18.0 Å². The maximum Gasteiger partial charge on any atom is 0.410 e. The molecule has 2 unspecified atom stereocenters. The molecule has 0 heterocycles. The maximum atomic E-state index is 12.6. The van der Waals surface area contributed by atoms with Gasteiger partial charge in [0, 0.05) is 14.1 Å². The third-order valence-corrected chi connectivity index (χ3v) is 6.51. The number of likely N-dealkylation sites (N-methyl/N-ethyl adjacent to an activating group) is 2. The maximum absolute atomic E-state index is 12.6. The fourth-order valence-corrected chi connectivity index (χ4v) is 3.78. The van der Waals surface area contributed by atoms with Crippen LogP contribution in [0.2, 0.25) is 0 Å². The highest BCUT2D eigenvalue weighted by molar-refractivity contribution is 5.89. The van der Waals surface area contributed by atoms with Gasteiger partial charge in [0.25, 0.3) is 0 Å². The van der Waals surface area contributed by atoms with Gasteiger partial charge in [-0.2, -0.15) is 0 Å². The summed E-state index contributed by atoms with van der Waals surface area (Å²) >= 11 is 0. The number of esters is 1. The number of carbonyl (C=O) groups excluding carboxylic acids is 3. The summed E-state index contributed by atoms with van der Waals surface area (Å²) in [6.45, 7) is 7.84. The van der Waals surface area contributed by atoms with Crippen LogP contribution in [0, 0.1) is 0 Å². The number of nitrogens with zero attached hydrogens (tertiary/aromatic N) is 2. The minimum absolute atomic E-state index is 0.238. The molecule has 0 aromatic carbocycles. The Morgan fingerprint density at radius 1 is 0.618 bits per heavy atom. The first-order chi connectivity index (χ1) is 16.3. The van der Waals surface area contributed by atoms with Crippen LogP contribution in [0.3, 0.4) is 0 Å². The summed E-state index contributed by atoms with van der Waals surface area (Å²) in [5.74, 6) is -0.756. The lowest BCUT2D eigenvalue weighted by molar-refractivity contribution is -0.154. The number of unbranched alkanes of at least 4 members (excludes halogenated alkanes) is 13. The Morgan fingerprint density at radius 3 is 1.50 bits per heavy atom. The van der Waals surface area contributed by atoms with Crippen molar-refractivity contribution in [3.05, 3.63) is 0 Å². The number of amides is 2. The normalized spacial score (nSPS) is 12.6. The number of carbonyl (C=O) groups is 3. The van der Waals surface area contributed by atoms with E-state index in [1.165, 1.54) is 93.9 Å². The van der Waals surface area contributed by atoms with Crippen LogP contribution < -0.4 is 0 Å². The van der Waals surface area contributed by atoms with Crippen molar-refractivity contribution in [2.75, 3.05) is 27.3 Å². The number of rotatable bonds is 20. The predicted octanol–water partition coefficient (Wildman–Crippen LogP) is 6.33. The van der Waals surface area contributed by atoms with Crippen molar-refractivity contribution in [2.24, 2.45) is 0 Å². The second-order valence-electron chi connectivity index (χ2n) is 9.37. The molecule has 0 N–H and O–H groups in total. The monoisotopic (exact) mass is 484 g/mol. The molecule has 0 fully saturated rings. The molecule has 0 saturated carbocycles. The summed E-state index contributed by atoms with van der Waals surface area (Å²) in [4.78, 5) is 39.3. The Labute approximate surface area is 208 Å². The van der Waals surface area contributed by atoms with Gasteiger partial charge in [-0.05, 0) is 27.2 Å². The third kappa shape index (κ3) is 14.5. The van der Waals surface area contributed by atoms with Crippen molar-refractivity contribution in [1.82, 2.24) is 9.80 Å². The summed E-state index contributed by atoms with van der Waals surface area (Å²) in [5, 5.41) is 0. The minimum atomic E-state index is -0.731. The number of hydrogen-bond acceptors (Lipinski definition) is 5. The van der Waals surface area contributed by atoms with Gasteiger partial charge in [-0.15, -0.1) is 0 Å². The highest BCUT2D eigenvalue weighted by Crippen LogP contribution is 2.13. The van der Waals surface area contributed by atoms with E-state index in [9.17, 15) is 14.4 Å². The minimum Gasteiger partial charge on any atom is -0.464 e. The average Bonchev–Trinajstić information content (AvgIpc) is 2.83. The van der Waals surface area contributed by atoms with Gasteiger partial charge >= 0.3 is 12.1 Å². The average molecular weight is 485 g/mol. The lowest BCUT2D eigenvalue weighted by Gasteiger charge is -2.30. The van der Waals surface area contributed by atoms with Gasteiger partial charge in [0.2, 0.25) is 5.91 Å². The zero-order valence-electron chi connectivity index (χ0n) is 22.9. The van der Waals surface area contributed by atoms with Gasteiger partial charge in [0.1, 0.15) is 12.1 Å². The summed E-state index contributed by atoms with van der Waals surface area (Å²) < 4.78 is 10.3. The predicted molar refractivity (Wildman–Crippen MR) is 138 cm³/mol. The standard InChI is InChI=1S/C27H52N2O5/c1-7-9-10-11-12-13-14-15-16-17-18-19-20-21-22-34-26(31)24(4)28(5)25(30)23(3)29(6)27(32)33-8-2/h23-24H,7-22H2,1-6H3. The molecule has 0 aromatic rings. The van der Waals surface area contributed by atoms with Gasteiger partial charge in [-0.25, -0.2) is 9.59 Å². The van der Waals surface area contributed by atoms with Crippen LogP contribution in [0.25, 0.3) is 0 Å². The first kappa shape index (κ1) is 32.2. The molecule has 0 saturated heterocycles. The molecule has 0 aliphatic carbocycles. The molecule has 7 heteroatoms. The van der Waals surface area contributed by atoms with Crippen LogP contribution in [0.1, 0.15) is 118 Å². The van der Waals surface area contributed by atoms with E-state index in [0.717, 1.165) is 12.8 Å². The third-order valence-electron chi connectivity index (χ3n) is 6.51. The summed E-state index contributed by atoms with van der Waals surface area (Å²) in [6.07, 6.45) is 17.3. The van der Waals surface area contributed by atoms with Gasteiger partial charge in [0.15, 0.2) is 0 Å². The van der Waals surface area contributed by atoms with Crippen molar-refractivity contribution in [2.45, 2.75) is 130 Å². The lowest BCUT2D eigenvalue weighted by atomic mass is 10.0. The van der Waals surface area contributed by atoms with Crippen LogP contribution in [-0.4, -0.2) is 67.2 Å². The summed E-state index contributed by atoms with van der Waals surface area (Å²) in [6, 6.07) is -1.44. The Balaban J connectivity index is 3.85. The molecule has 34 heavy (non-hydrogen) atoms. The molecule has 0 bridgehead atoms. The van der Waals surface area contributed by atoms with Crippen LogP contribution in [0.5, 0.6) is 0 Å². The van der Waals surface area contributed by atoms with Crippen LogP contribution in [0.15, 0.2) is 0 Å². The van der Waals surface area contributed by atoms with Crippen molar-refractivity contribution in [3.8, 4) is 0 Å². The molecule has 0 rings (SSSR count). The van der Waals surface area contributed by atoms with E-state index >= 15 is 0 Å². The molecular formula is C27H52N2O5. The first-order valence-corrected chi connectivity index (χ1v) is 13.6. The Morgan fingerprint density at radius 2 is 1.06 bits per heavy atom. The quantitative estimate of drug-likeness (QED) is 0.149. The van der Waals surface area contributed by atoms with Gasteiger partial charge in [-0.3, -0.25) is 9.69 Å². The van der Waals surface area contributed by atoms with Gasteiger partial charge in [0.05, 0.1) is 13.2 Å². The van der Waals surface area contributed by atoms with Crippen molar-refractivity contribution in [1.29, 1.82) is 0 Å². The van der Waals surface area contributed by atoms with Crippen LogP contribution in [0.4, 0.5) is 4.79 Å². The van der Waals surface area contributed by atoms with E-state index < -0.39 is 24.1 Å². The molecule has 0 radical (unpaired) electrons. The zero-order chi connectivity index (χ0) is 25.8. The molecular weight excluding hydrogens is 432 g/mol. The molecule has 7 nitrogen and oxygen atoms in total. The smallest absolute Gasteiger partial charge is 0.410 e. The van der Waals surface area contributed by atoms with Gasteiger partial charge in [-0.1, -0.05) is 90.4 Å². The molecule has 0 aliphatic rings. The van der Waals surface area contributed by atoms with Crippen molar-refractivity contribution in [3.63, 3.8) is 0 Å². The molecule has 0 spiro atoms. The Kier molecular flexibility index (Phi) is 19.5. The molecule has 2 atom stereocenters. The fourth-order valence-electron chi connectivity index (χ4n) is 3.78. The largest absolute Gasteiger partial charge is 0.464 e. The molecule has 200 valence electrons. The molecule has 2 amide bonds. The number of ether oxygens (including phenoxy) is 2. The van der Waals surface area contributed by atoms with E-state index in [-0.39, 0.29) is 12.5 Å². The highest BCUT2D eigenvalue weighted by Gasteiger charge is 2.31. The van der Waals surface area contributed by atoms with Crippen molar-refractivity contribution < 1.29 is 23.9 Å². The zero-order valence-corrected chi connectivity index (χ0v) is 22.9. The Hall–Kier alpha value is -1.79. The lowest BCUT2D eigenvalue weighted by Crippen LogP contribution is -2.51. The fraction of sp³-hybridized carbons (Fsp3) is 0.889. The summed E-state index contributed by atoms with van der Waals surface area (Å²) in [5.41, 5.74) is 0. The second-order valence-corrected chi connectivity index (χ2v) is 9.37. The van der Waals surface area contributed by atoms with E-state index in [1.807, 2.05) is 0 Å². The van der Waals surface area contributed by atoms with Crippen LogP contribution >= 0.6 is 0 Å². The van der Waals surface area contributed by atoms with Gasteiger partial charge < -0.3 is 14.4 Å². The number of hydrogen-bond donors (Lipinski definition) is 0. The van der Waals surface area contributed by atoms with E-state index in [2.05, 4.69) is 6.92 Å². The molecule has 0 aromatic heterocycles. The van der Waals surface area contributed by atoms with E-state index in [4.69, 9.17) is 9.47 Å². The summed E-state index contributed by atoms with van der Waals surface area (Å²) in [7, 11) is 3.06. The second kappa shape index (κ2) is 20.6. The Bertz CT molecular complexity index is 555.